The van der Waals surface area contributed by atoms with Crippen LogP contribution in [-0.4, -0.2) is 42.6 Å². The number of hydrogen-bond donors (Lipinski definition) is 0. The molecular weight excluding hydrogens is 272 g/mol. The Hall–Kier alpha value is -1.06. The van der Waals surface area contributed by atoms with Gasteiger partial charge in [-0.3, -0.25) is 9.80 Å². The lowest BCUT2D eigenvalue weighted by molar-refractivity contribution is 0.208. The lowest BCUT2D eigenvalue weighted by Gasteiger charge is -2.34. The quantitative estimate of drug-likeness (QED) is 0.764. The molecule has 1 aromatic rings. The summed E-state index contributed by atoms with van der Waals surface area (Å²) in [6, 6.07) is 5.38. The number of benzene rings is 1. The van der Waals surface area contributed by atoms with Gasteiger partial charge in [0.1, 0.15) is 5.75 Å². The second-order valence-electron chi connectivity index (χ2n) is 6.30. The van der Waals surface area contributed by atoms with E-state index in [4.69, 9.17) is 4.74 Å². The van der Waals surface area contributed by atoms with Crippen LogP contribution in [0, 0.1) is 0 Å². The molecule has 3 heteroatoms. The molecule has 0 fully saturated rings. The first-order valence-corrected chi connectivity index (χ1v) is 8.82. The monoisotopic (exact) mass is 304 g/mol. The standard InChI is InChI=1S/C19H32N2O/c1-6-18-11-15-10-17(14-21(7-2)8-3)19(22-9-4)12-16(15)13-20(18)5/h10,12,18H,6-9,11,13-14H2,1-5H3. The summed E-state index contributed by atoms with van der Waals surface area (Å²) >= 11 is 0. The predicted octanol–water partition coefficient (Wildman–Crippen LogP) is 3.69. The predicted molar refractivity (Wildman–Crippen MR) is 93.5 cm³/mol. The molecule has 0 N–H and O–H groups in total. The molecular formula is C19H32N2O. The first-order valence-electron chi connectivity index (χ1n) is 8.82. The highest BCUT2D eigenvalue weighted by Crippen LogP contribution is 2.31. The van der Waals surface area contributed by atoms with Crippen LogP contribution in [0.5, 0.6) is 5.75 Å². The molecule has 2 rings (SSSR count). The van der Waals surface area contributed by atoms with Gasteiger partial charge in [0.25, 0.3) is 0 Å². The Labute approximate surface area is 136 Å². The maximum atomic E-state index is 5.94. The largest absolute Gasteiger partial charge is 0.494 e. The van der Waals surface area contributed by atoms with Crippen molar-refractivity contribution in [3.8, 4) is 5.75 Å². The van der Waals surface area contributed by atoms with E-state index in [1.807, 2.05) is 0 Å². The molecule has 1 unspecified atom stereocenters. The smallest absolute Gasteiger partial charge is 0.124 e. The van der Waals surface area contributed by atoms with E-state index in [0.717, 1.165) is 38.5 Å². The lowest BCUT2D eigenvalue weighted by Crippen LogP contribution is -2.37. The van der Waals surface area contributed by atoms with Gasteiger partial charge < -0.3 is 4.74 Å². The Morgan fingerprint density at radius 1 is 1.14 bits per heavy atom. The topological polar surface area (TPSA) is 15.7 Å². The van der Waals surface area contributed by atoms with E-state index in [0.29, 0.717) is 6.04 Å². The number of ether oxygens (including phenoxy) is 1. The molecule has 0 spiro atoms. The summed E-state index contributed by atoms with van der Waals surface area (Å²) < 4.78 is 5.94. The first-order chi connectivity index (χ1) is 10.6. The highest BCUT2D eigenvalue weighted by molar-refractivity contribution is 5.44. The molecule has 1 aliphatic heterocycles. The molecule has 0 radical (unpaired) electrons. The first kappa shape index (κ1) is 17.3. The van der Waals surface area contributed by atoms with Crippen molar-refractivity contribution in [2.45, 2.75) is 59.7 Å². The van der Waals surface area contributed by atoms with Crippen molar-refractivity contribution in [1.82, 2.24) is 9.80 Å². The van der Waals surface area contributed by atoms with Crippen molar-refractivity contribution < 1.29 is 4.74 Å². The third-order valence-electron chi connectivity index (χ3n) is 4.94. The third kappa shape index (κ3) is 3.82. The van der Waals surface area contributed by atoms with Crippen molar-refractivity contribution in [1.29, 1.82) is 0 Å². The van der Waals surface area contributed by atoms with E-state index < -0.39 is 0 Å². The van der Waals surface area contributed by atoms with Gasteiger partial charge in [0.2, 0.25) is 0 Å². The molecule has 22 heavy (non-hydrogen) atoms. The van der Waals surface area contributed by atoms with Gasteiger partial charge >= 0.3 is 0 Å². The van der Waals surface area contributed by atoms with Gasteiger partial charge in [-0.15, -0.1) is 0 Å². The maximum Gasteiger partial charge on any atom is 0.124 e. The van der Waals surface area contributed by atoms with Crippen LogP contribution in [0.4, 0.5) is 0 Å². The highest BCUT2D eigenvalue weighted by atomic mass is 16.5. The second kappa shape index (κ2) is 7.98. The zero-order valence-corrected chi connectivity index (χ0v) is 15.0. The van der Waals surface area contributed by atoms with Crippen LogP contribution in [0.2, 0.25) is 0 Å². The number of likely N-dealkylation sites (N-methyl/N-ethyl adjacent to an activating group) is 1. The van der Waals surface area contributed by atoms with E-state index in [1.54, 1.807) is 0 Å². The zero-order chi connectivity index (χ0) is 16.1. The SMILES string of the molecule is CCOc1cc2c(cc1CN(CC)CC)CC(CC)N(C)C2. The van der Waals surface area contributed by atoms with Gasteiger partial charge in [0.05, 0.1) is 6.61 Å². The summed E-state index contributed by atoms with van der Waals surface area (Å²) in [7, 11) is 2.24. The van der Waals surface area contributed by atoms with E-state index >= 15 is 0 Å². The molecule has 0 aliphatic carbocycles. The van der Waals surface area contributed by atoms with E-state index in [-0.39, 0.29) is 0 Å². The molecule has 1 heterocycles. The summed E-state index contributed by atoms with van der Waals surface area (Å²) in [5, 5.41) is 0. The lowest BCUT2D eigenvalue weighted by atomic mass is 9.91. The molecule has 1 aromatic carbocycles. The summed E-state index contributed by atoms with van der Waals surface area (Å²) in [6.45, 7) is 13.7. The second-order valence-corrected chi connectivity index (χ2v) is 6.30. The van der Waals surface area contributed by atoms with Crippen LogP contribution >= 0.6 is 0 Å². The molecule has 1 aliphatic rings. The molecule has 0 amide bonds. The van der Waals surface area contributed by atoms with Crippen molar-refractivity contribution in [3.05, 3.63) is 28.8 Å². The minimum absolute atomic E-state index is 0.673. The van der Waals surface area contributed by atoms with Gasteiger partial charge in [-0.2, -0.15) is 0 Å². The zero-order valence-electron chi connectivity index (χ0n) is 15.0. The van der Waals surface area contributed by atoms with Crippen LogP contribution in [0.3, 0.4) is 0 Å². The van der Waals surface area contributed by atoms with E-state index in [9.17, 15) is 0 Å². The number of hydrogen-bond acceptors (Lipinski definition) is 3. The van der Waals surface area contributed by atoms with E-state index in [2.05, 4.69) is 56.7 Å². The maximum absolute atomic E-state index is 5.94. The molecule has 0 saturated carbocycles. The fraction of sp³-hybridized carbons (Fsp3) is 0.684. The van der Waals surface area contributed by atoms with E-state index in [1.165, 1.54) is 29.5 Å². The van der Waals surface area contributed by atoms with Crippen LogP contribution in [0.1, 0.15) is 50.8 Å². The average molecular weight is 304 g/mol. The Morgan fingerprint density at radius 3 is 2.45 bits per heavy atom. The molecule has 3 nitrogen and oxygen atoms in total. The summed E-state index contributed by atoms with van der Waals surface area (Å²) in [5.74, 6) is 1.08. The highest BCUT2D eigenvalue weighted by Gasteiger charge is 2.23. The molecule has 0 bridgehead atoms. The fourth-order valence-electron chi connectivity index (χ4n) is 3.42. The van der Waals surface area contributed by atoms with Gasteiger partial charge in [-0.25, -0.2) is 0 Å². The van der Waals surface area contributed by atoms with Crippen LogP contribution < -0.4 is 4.74 Å². The summed E-state index contributed by atoms with van der Waals surface area (Å²) in [5.41, 5.74) is 4.32. The van der Waals surface area contributed by atoms with Crippen LogP contribution in [0.15, 0.2) is 12.1 Å². The number of rotatable bonds is 7. The summed E-state index contributed by atoms with van der Waals surface area (Å²) in [6.07, 6.45) is 2.38. The molecule has 0 aromatic heterocycles. The van der Waals surface area contributed by atoms with Crippen molar-refractivity contribution in [2.75, 3.05) is 26.7 Å². The van der Waals surface area contributed by atoms with Gasteiger partial charge in [-0.05, 0) is 57.1 Å². The number of fused-ring (bicyclic) bond motifs is 1. The minimum atomic E-state index is 0.673. The third-order valence-corrected chi connectivity index (χ3v) is 4.94. The van der Waals surface area contributed by atoms with Crippen LogP contribution in [0.25, 0.3) is 0 Å². The fourth-order valence-corrected chi connectivity index (χ4v) is 3.42. The van der Waals surface area contributed by atoms with Crippen molar-refractivity contribution in [2.24, 2.45) is 0 Å². The Bertz CT molecular complexity index is 483. The molecule has 1 atom stereocenters. The van der Waals surface area contributed by atoms with Crippen molar-refractivity contribution >= 4 is 0 Å². The van der Waals surface area contributed by atoms with Gasteiger partial charge in [0.15, 0.2) is 0 Å². The summed E-state index contributed by atoms with van der Waals surface area (Å²) in [4.78, 5) is 4.93. The Balaban J connectivity index is 2.32. The van der Waals surface area contributed by atoms with Crippen LogP contribution in [-0.2, 0) is 19.5 Å². The Kier molecular flexibility index (Phi) is 6.27. The number of nitrogens with zero attached hydrogens (tertiary/aromatic N) is 2. The van der Waals surface area contributed by atoms with Gasteiger partial charge in [0, 0.05) is 24.7 Å². The average Bonchev–Trinajstić information content (AvgIpc) is 2.52. The normalized spacial score (nSPS) is 18.5. The Morgan fingerprint density at radius 2 is 1.86 bits per heavy atom. The minimum Gasteiger partial charge on any atom is -0.494 e. The molecule has 0 saturated heterocycles. The molecule has 124 valence electrons. The van der Waals surface area contributed by atoms with Gasteiger partial charge in [-0.1, -0.05) is 26.8 Å². The van der Waals surface area contributed by atoms with Crippen molar-refractivity contribution in [3.63, 3.8) is 0 Å².